The Hall–Kier alpha value is -0.240. The summed E-state index contributed by atoms with van der Waals surface area (Å²) in [5.74, 6) is 0. The highest BCUT2D eigenvalue weighted by Gasteiger charge is 2.01. The van der Waals surface area contributed by atoms with Crippen LogP contribution in [-0.2, 0) is 18.9 Å². The summed E-state index contributed by atoms with van der Waals surface area (Å²) < 4.78 is 20.1. The van der Waals surface area contributed by atoms with Crippen LogP contribution in [0.4, 0.5) is 0 Å². The summed E-state index contributed by atoms with van der Waals surface area (Å²) >= 11 is 0. The van der Waals surface area contributed by atoms with Gasteiger partial charge in [0.1, 0.15) is 6.23 Å². The molecular weight excluding hydrogens is 202 g/mol. The molecule has 0 saturated heterocycles. The Balaban J connectivity index is 3.06. The van der Waals surface area contributed by atoms with Gasteiger partial charge >= 0.3 is 0 Å². The molecule has 0 aromatic heterocycles. The molecule has 6 nitrogen and oxygen atoms in total. The first-order valence-corrected chi connectivity index (χ1v) is 4.93. The van der Waals surface area contributed by atoms with Crippen LogP contribution >= 0.6 is 0 Å². The van der Waals surface area contributed by atoms with Crippen LogP contribution < -0.4 is 5.73 Å². The maximum Gasteiger partial charge on any atom is 0.129 e. The van der Waals surface area contributed by atoms with Crippen LogP contribution in [0.25, 0.3) is 0 Å². The van der Waals surface area contributed by atoms with Crippen molar-refractivity contribution < 1.29 is 24.1 Å². The minimum absolute atomic E-state index is 0.0274. The largest absolute Gasteiger partial charge is 0.394 e. The van der Waals surface area contributed by atoms with Crippen molar-refractivity contribution in [3.63, 3.8) is 0 Å². The van der Waals surface area contributed by atoms with E-state index in [2.05, 4.69) is 0 Å². The highest BCUT2D eigenvalue weighted by molar-refractivity contribution is 4.45. The van der Waals surface area contributed by atoms with E-state index in [1.165, 1.54) is 0 Å². The summed E-state index contributed by atoms with van der Waals surface area (Å²) in [4.78, 5) is 0. The Bertz CT molecular complexity index is 125. The maximum atomic E-state index is 8.41. The summed E-state index contributed by atoms with van der Waals surface area (Å²) in [7, 11) is 1.60. The first kappa shape index (κ1) is 14.8. The fourth-order valence-corrected chi connectivity index (χ4v) is 0.815. The maximum absolute atomic E-state index is 8.41. The van der Waals surface area contributed by atoms with Crippen LogP contribution in [0.15, 0.2) is 0 Å². The average molecular weight is 223 g/mol. The van der Waals surface area contributed by atoms with E-state index in [0.717, 1.165) is 0 Å². The first-order valence-electron chi connectivity index (χ1n) is 4.93. The lowest BCUT2D eigenvalue weighted by Crippen LogP contribution is -2.31. The molecule has 0 rings (SSSR count). The third-order valence-corrected chi connectivity index (χ3v) is 1.51. The van der Waals surface area contributed by atoms with Gasteiger partial charge in [-0.3, -0.25) is 0 Å². The van der Waals surface area contributed by atoms with Gasteiger partial charge in [0.05, 0.1) is 46.2 Å². The lowest BCUT2D eigenvalue weighted by atomic mass is 10.6. The molecule has 0 aliphatic carbocycles. The third kappa shape index (κ3) is 11.7. The summed E-state index contributed by atoms with van der Waals surface area (Å²) in [6.07, 6.45) is -0.432. The number of aliphatic hydroxyl groups is 1. The van der Waals surface area contributed by atoms with Crippen molar-refractivity contribution in [2.24, 2.45) is 5.73 Å². The average Bonchev–Trinajstić information content (AvgIpc) is 2.23. The van der Waals surface area contributed by atoms with Crippen molar-refractivity contribution >= 4 is 0 Å². The van der Waals surface area contributed by atoms with Gasteiger partial charge in [-0.15, -0.1) is 0 Å². The number of rotatable bonds is 11. The van der Waals surface area contributed by atoms with Crippen molar-refractivity contribution in [1.82, 2.24) is 0 Å². The van der Waals surface area contributed by atoms with Gasteiger partial charge in [-0.1, -0.05) is 0 Å². The van der Waals surface area contributed by atoms with Gasteiger partial charge in [-0.25, -0.2) is 0 Å². The molecule has 0 spiro atoms. The zero-order valence-electron chi connectivity index (χ0n) is 9.18. The Morgan fingerprint density at radius 1 is 1.07 bits per heavy atom. The van der Waals surface area contributed by atoms with E-state index in [-0.39, 0.29) is 6.61 Å². The molecule has 3 N–H and O–H groups in total. The molecule has 0 aliphatic rings. The Morgan fingerprint density at radius 3 is 2.47 bits per heavy atom. The Labute approximate surface area is 90.2 Å². The zero-order chi connectivity index (χ0) is 11.4. The van der Waals surface area contributed by atoms with Crippen molar-refractivity contribution in [1.29, 1.82) is 0 Å². The molecular formula is C9H21NO5. The molecule has 0 heterocycles. The van der Waals surface area contributed by atoms with E-state index in [1.807, 2.05) is 0 Å². The molecule has 92 valence electrons. The molecule has 0 bridgehead atoms. The molecule has 15 heavy (non-hydrogen) atoms. The van der Waals surface area contributed by atoms with Gasteiger partial charge in [0, 0.05) is 7.11 Å². The first-order chi connectivity index (χ1) is 7.31. The topological polar surface area (TPSA) is 83.2 Å². The number of nitrogens with two attached hydrogens (primary N) is 1. The van der Waals surface area contributed by atoms with Gasteiger partial charge in [0.2, 0.25) is 0 Å². The predicted molar refractivity (Wildman–Crippen MR) is 54.5 cm³/mol. The zero-order valence-corrected chi connectivity index (χ0v) is 9.18. The molecule has 1 atom stereocenters. The SMILES string of the molecule is COCCOC(N)COCCOCCO. The van der Waals surface area contributed by atoms with Crippen molar-refractivity contribution in [2.45, 2.75) is 6.23 Å². The highest BCUT2D eigenvalue weighted by atomic mass is 16.6. The fourth-order valence-electron chi connectivity index (χ4n) is 0.815. The van der Waals surface area contributed by atoms with Crippen LogP contribution in [0.2, 0.25) is 0 Å². The normalized spacial score (nSPS) is 13.0. The molecule has 6 heteroatoms. The molecule has 0 radical (unpaired) electrons. The minimum atomic E-state index is -0.432. The summed E-state index contributed by atoms with van der Waals surface area (Å²) in [5.41, 5.74) is 5.57. The molecule has 0 amide bonds. The Morgan fingerprint density at radius 2 is 1.80 bits per heavy atom. The summed E-state index contributed by atoms with van der Waals surface area (Å²) in [6.45, 7) is 2.56. The van der Waals surface area contributed by atoms with Gasteiger partial charge in [-0.05, 0) is 0 Å². The number of hydrogen-bond donors (Lipinski definition) is 2. The van der Waals surface area contributed by atoms with E-state index in [0.29, 0.717) is 39.6 Å². The summed E-state index contributed by atoms with van der Waals surface area (Å²) in [6, 6.07) is 0. The van der Waals surface area contributed by atoms with Crippen LogP contribution in [0, 0.1) is 0 Å². The summed E-state index contributed by atoms with van der Waals surface area (Å²) in [5, 5.41) is 8.41. The van der Waals surface area contributed by atoms with E-state index in [4.69, 9.17) is 29.8 Å². The molecule has 0 aromatic carbocycles. The van der Waals surface area contributed by atoms with Gasteiger partial charge in [-0.2, -0.15) is 0 Å². The van der Waals surface area contributed by atoms with Gasteiger partial charge in [0.25, 0.3) is 0 Å². The monoisotopic (exact) mass is 223 g/mol. The van der Waals surface area contributed by atoms with Crippen LogP contribution in [0.5, 0.6) is 0 Å². The van der Waals surface area contributed by atoms with Gasteiger partial charge < -0.3 is 29.8 Å². The number of hydrogen-bond acceptors (Lipinski definition) is 6. The van der Waals surface area contributed by atoms with Crippen LogP contribution in [-0.4, -0.2) is 64.7 Å². The van der Waals surface area contributed by atoms with Crippen LogP contribution in [0.3, 0.4) is 0 Å². The molecule has 0 aromatic rings. The lowest BCUT2D eigenvalue weighted by molar-refractivity contribution is -0.0419. The second-order valence-electron chi connectivity index (χ2n) is 2.81. The predicted octanol–water partition coefficient (Wildman–Crippen LogP) is -1.04. The Kier molecular flexibility index (Phi) is 11.6. The highest BCUT2D eigenvalue weighted by Crippen LogP contribution is 1.86. The van der Waals surface area contributed by atoms with E-state index >= 15 is 0 Å². The van der Waals surface area contributed by atoms with E-state index < -0.39 is 6.23 Å². The van der Waals surface area contributed by atoms with Crippen molar-refractivity contribution in [3.8, 4) is 0 Å². The molecule has 0 saturated carbocycles. The quantitative estimate of drug-likeness (QED) is 0.344. The smallest absolute Gasteiger partial charge is 0.129 e. The molecule has 0 fully saturated rings. The number of aliphatic hydroxyl groups excluding tert-OH is 1. The molecule has 1 unspecified atom stereocenters. The van der Waals surface area contributed by atoms with E-state index in [9.17, 15) is 0 Å². The number of methoxy groups -OCH3 is 1. The minimum Gasteiger partial charge on any atom is -0.394 e. The van der Waals surface area contributed by atoms with Crippen LogP contribution in [0.1, 0.15) is 0 Å². The van der Waals surface area contributed by atoms with Gasteiger partial charge in [0.15, 0.2) is 0 Å². The second-order valence-corrected chi connectivity index (χ2v) is 2.81. The second kappa shape index (κ2) is 11.8. The number of ether oxygens (including phenoxy) is 4. The lowest BCUT2D eigenvalue weighted by Gasteiger charge is -2.12. The third-order valence-electron chi connectivity index (χ3n) is 1.51. The fraction of sp³-hybridized carbons (Fsp3) is 1.00. The van der Waals surface area contributed by atoms with Crippen molar-refractivity contribution in [2.75, 3.05) is 53.4 Å². The van der Waals surface area contributed by atoms with Crippen molar-refractivity contribution in [3.05, 3.63) is 0 Å². The molecule has 0 aliphatic heterocycles. The standard InChI is InChI=1S/C9H21NO5/c1-12-4-7-15-9(10)8-14-6-5-13-3-2-11/h9,11H,2-8,10H2,1H3. The van der Waals surface area contributed by atoms with E-state index in [1.54, 1.807) is 7.11 Å².